The van der Waals surface area contributed by atoms with E-state index in [1.165, 1.54) is 24.8 Å². The van der Waals surface area contributed by atoms with E-state index >= 15 is 0 Å². The lowest BCUT2D eigenvalue weighted by Gasteiger charge is -2.23. The Morgan fingerprint density at radius 3 is 2.65 bits per heavy atom. The first kappa shape index (κ1) is 20.2. The Morgan fingerprint density at radius 2 is 1.96 bits per heavy atom. The molecule has 0 heterocycles. The van der Waals surface area contributed by atoms with Crippen LogP contribution in [0, 0.1) is 5.92 Å². The highest BCUT2D eigenvalue weighted by Gasteiger charge is 2.16. The first-order chi connectivity index (χ1) is 10.8. The van der Waals surface area contributed by atoms with Crippen LogP contribution in [-0.4, -0.2) is 32.3 Å². The predicted molar refractivity (Wildman–Crippen MR) is 107 cm³/mol. The van der Waals surface area contributed by atoms with E-state index in [1.807, 2.05) is 6.07 Å². The molecule has 23 heavy (non-hydrogen) atoms. The van der Waals surface area contributed by atoms with Gasteiger partial charge in [-0.1, -0.05) is 36.8 Å². The van der Waals surface area contributed by atoms with Gasteiger partial charge in [0.15, 0.2) is 5.96 Å². The van der Waals surface area contributed by atoms with Gasteiger partial charge in [0.2, 0.25) is 0 Å². The van der Waals surface area contributed by atoms with Crippen LogP contribution in [0.4, 0.5) is 0 Å². The van der Waals surface area contributed by atoms with Crippen LogP contribution in [0.25, 0.3) is 0 Å². The van der Waals surface area contributed by atoms with Crippen LogP contribution < -0.4 is 11.1 Å². The molecule has 0 unspecified atom stereocenters. The maximum Gasteiger partial charge on any atom is 0.188 e. The van der Waals surface area contributed by atoms with E-state index in [9.17, 15) is 0 Å². The van der Waals surface area contributed by atoms with Crippen LogP contribution in [0.1, 0.15) is 37.7 Å². The zero-order chi connectivity index (χ0) is 15.5. The molecular formula is C18H30IN3O. The molecule has 4 nitrogen and oxygen atoms in total. The molecule has 130 valence electrons. The van der Waals surface area contributed by atoms with E-state index in [0.717, 1.165) is 51.5 Å². The molecule has 1 aliphatic rings. The maximum atomic E-state index is 5.84. The fourth-order valence-electron chi connectivity index (χ4n) is 2.44. The van der Waals surface area contributed by atoms with Crippen LogP contribution in [0.2, 0.25) is 0 Å². The van der Waals surface area contributed by atoms with E-state index in [2.05, 4.69) is 34.6 Å². The summed E-state index contributed by atoms with van der Waals surface area (Å²) < 4.78 is 5.66. The van der Waals surface area contributed by atoms with Gasteiger partial charge in [0.1, 0.15) is 0 Å². The Balaban J connectivity index is 0.00000264. The van der Waals surface area contributed by atoms with Gasteiger partial charge < -0.3 is 15.8 Å². The highest BCUT2D eigenvalue weighted by molar-refractivity contribution is 14.0. The Kier molecular flexibility index (Phi) is 11.1. The van der Waals surface area contributed by atoms with Gasteiger partial charge in [-0.3, -0.25) is 4.99 Å². The van der Waals surface area contributed by atoms with Crippen molar-refractivity contribution in [3.8, 4) is 0 Å². The van der Waals surface area contributed by atoms with Crippen molar-refractivity contribution in [1.82, 2.24) is 5.32 Å². The molecule has 5 heteroatoms. The smallest absolute Gasteiger partial charge is 0.188 e. The predicted octanol–water partition coefficient (Wildman–Crippen LogP) is 3.35. The molecule has 0 radical (unpaired) electrons. The zero-order valence-corrected chi connectivity index (χ0v) is 16.2. The molecule has 0 amide bonds. The third kappa shape index (κ3) is 9.15. The molecule has 0 saturated heterocycles. The lowest BCUT2D eigenvalue weighted by Crippen LogP contribution is -2.33. The fraction of sp³-hybridized carbons (Fsp3) is 0.611. The molecule has 0 spiro atoms. The molecule has 1 aliphatic carbocycles. The molecule has 1 saturated carbocycles. The molecule has 0 aromatic heterocycles. The Labute approximate surface area is 157 Å². The third-order valence-electron chi connectivity index (χ3n) is 4.14. The summed E-state index contributed by atoms with van der Waals surface area (Å²) in [5, 5.41) is 3.18. The second kappa shape index (κ2) is 12.6. The second-order valence-electron chi connectivity index (χ2n) is 6.00. The number of rotatable bonds is 10. The molecule has 0 atom stereocenters. The van der Waals surface area contributed by atoms with Gasteiger partial charge in [-0.25, -0.2) is 0 Å². The molecule has 0 aliphatic heterocycles. The van der Waals surface area contributed by atoms with Crippen molar-refractivity contribution in [3.05, 3.63) is 35.9 Å². The molecular weight excluding hydrogens is 401 g/mol. The largest absolute Gasteiger partial charge is 0.381 e. The number of nitrogens with two attached hydrogens (primary N) is 1. The molecule has 2 rings (SSSR count). The number of halogens is 1. The Morgan fingerprint density at radius 1 is 1.17 bits per heavy atom. The van der Waals surface area contributed by atoms with Crippen LogP contribution in [0.3, 0.4) is 0 Å². The van der Waals surface area contributed by atoms with Crippen molar-refractivity contribution in [1.29, 1.82) is 0 Å². The number of hydrogen-bond acceptors (Lipinski definition) is 2. The number of guanidine groups is 1. The number of nitrogens with one attached hydrogen (secondary N) is 1. The summed E-state index contributed by atoms with van der Waals surface area (Å²) in [5.41, 5.74) is 7.17. The van der Waals surface area contributed by atoms with Crippen molar-refractivity contribution in [3.63, 3.8) is 0 Å². The minimum atomic E-state index is 0. The number of aliphatic imine (C=N–C) groups is 1. The third-order valence-corrected chi connectivity index (χ3v) is 4.14. The standard InChI is InChI=1S/C18H29N3O.HI/c19-18(21-15-17-9-6-10-17)20-12-4-5-13-22-14-11-16-7-2-1-3-8-16;/h1-3,7-8,17H,4-6,9-15H2,(H3,19,20,21);1H. The van der Waals surface area contributed by atoms with Gasteiger partial charge in [-0.2, -0.15) is 0 Å². The number of hydrogen-bond donors (Lipinski definition) is 2. The van der Waals surface area contributed by atoms with Gasteiger partial charge in [-0.05, 0) is 43.6 Å². The number of nitrogens with zero attached hydrogens (tertiary/aromatic N) is 1. The second-order valence-corrected chi connectivity index (χ2v) is 6.00. The van der Waals surface area contributed by atoms with Gasteiger partial charge in [0, 0.05) is 19.7 Å². The van der Waals surface area contributed by atoms with Gasteiger partial charge in [0.25, 0.3) is 0 Å². The van der Waals surface area contributed by atoms with Crippen molar-refractivity contribution in [2.24, 2.45) is 16.6 Å². The van der Waals surface area contributed by atoms with E-state index in [-0.39, 0.29) is 24.0 Å². The number of unbranched alkanes of at least 4 members (excludes halogenated alkanes) is 1. The SMILES string of the molecule is I.NC(=NCC1CCC1)NCCCCOCCc1ccccc1. The quantitative estimate of drug-likeness (QED) is 0.259. The summed E-state index contributed by atoms with van der Waals surface area (Å²) >= 11 is 0. The minimum absolute atomic E-state index is 0. The first-order valence-corrected chi connectivity index (χ1v) is 8.50. The minimum Gasteiger partial charge on any atom is -0.381 e. The fourth-order valence-corrected chi connectivity index (χ4v) is 2.44. The number of benzene rings is 1. The molecule has 1 aromatic rings. The van der Waals surface area contributed by atoms with Crippen LogP contribution in [0.5, 0.6) is 0 Å². The topological polar surface area (TPSA) is 59.6 Å². The summed E-state index contributed by atoms with van der Waals surface area (Å²) in [4.78, 5) is 4.38. The average Bonchev–Trinajstić information content (AvgIpc) is 2.49. The monoisotopic (exact) mass is 431 g/mol. The van der Waals surface area contributed by atoms with Gasteiger partial charge in [-0.15, -0.1) is 24.0 Å². The Hall–Kier alpha value is -0.820. The number of ether oxygens (including phenoxy) is 1. The van der Waals surface area contributed by atoms with Crippen molar-refractivity contribution in [2.45, 2.75) is 38.5 Å². The molecule has 1 aromatic carbocycles. The molecule has 3 N–H and O–H groups in total. The summed E-state index contributed by atoms with van der Waals surface area (Å²) in [7, 11) is 0. The Bertz CT molecular complexity index is 435. The van der Waals surface area contributed by atoms with E-state index < -0.39 is 0 Å². The van der Waals surface area contributed by atoms with E-state index in [4.69, 9.17) is 10.5 Å². The normalized spacial score (nSPS) is 14.9. The van der Waals surface area contributed by atoms with Crippen LogP contribution in [0.15, 0.2) is 35.3 Å². The maximum absolute atomic E-state index is 5.84. The van der Waals surface area contributed by atoms with Crippen molar-refractivity contribution >= 4 is 29.9 Å². The van der Waals surface area contributed by atoms with E-state index in [1.54, 1.807) is 0 Å². The summed E-state index contributed by atoms with van der Waals surface area (Å²) in [6.07, 6.45) is 7.09. The highest BCUT2D eigenvalue weighted by atomic mass is 127. The summed E-state index contributed by atoms with van der Waals surface area (Å²) in [5.74, 6) is 1.37. The van der Waals surface area contributed by atoms with E-state index in [0.29, 0.717) is 5.96 Å². The summed E-state index contributed by atoms with van der Waals surface area (Å²) in [6.45, 7) is 3.37. The highest BCUT2D eigenvalue weighted by Crippen LogP contribution is 2.26. The lowest BCUT2D eigenvalue weighted by molar-refractivity contribution is 0.133. The van der Waals surface area contributed by atoms with Gasteiger partial charge >= 0.3 is 0 Å². The summed E-state index contributed by atoms with van der Waals surface area (Å²) in [6, 6.07) is 10.5. The van der Waals surface area contributed by atoms with Crippen LogP contribution in [-0.2, 0) is 11.2 Å². The molecule has 1 fully saturated rings. The van der Waals surface area contributed by atoms with Crippen molar-refractivity contribution in [2.75, 3.05) is 26.3 Å². The van der Waals surface area contributed by atoms with Crippen molar-refractivity contribution < 1.29 is 4.74 Å². The zero-order valence-electron chi connectivity index (χ0n) is 13.9. The van der Waals surface area contributed by atoms with Gasteiger partial charge in [0.05, 0.1) is 6.61 Å². The van der Waals surface area contributed by atoms with Crippen LogP contribution >= 0.6 is 24.0 Å². The first-order valence-electron chi connectivity index (χ1n) is 8.50. The lowest BCUT2D eigenvalue weighted by atomic mass is 9.86. The average molecular weight is 431 g/mol. The molecule has 0 bridgehead atoms.